The van der Waals surface area contributed by atoms with Crippen molar-refractivity contribution in [2.45, 2.75) is 6.92 Å². The predicted molar refractivity (Wildman–Crippen MR) is 105 cm³/mol. The summed E-state index contributed by atoms with van der Waals surface area (Å²) in [4.78, 5) is 25.4. The van der Waals surface area contributed by atoms with E-state index < -0.39 is 0 Å². The SMILES string of the molecule is Cc1ccc(-n2cc(C(=O)Nc3ccc(OCC(=O)N(C)C)cc3)nn2)cc1. The van der Waals surface area contributed by atoms with Crippen LogP contribution < -0.4 is 10.1 Å². The second-order valence-electron chi connectivity index (χ2n) is 6.44. The maximum Gasteiger partial charge on any atom is 0.277 e. The van der Waals surface area contributed by atoms with E-state index in [4.69, 9.17) is 4.74 Å². The van der Waals surface area contributed by atoms with Crippen molar-refractivity contribution >= 4 is 17.5 Å². The lowest BCUT2D eigenvalue weighted by Gasteiger charge is -2.11. The molecule has 0 saturated heterocycles. The predicted octanol–water partition coefficient (Wildman–Crippen LogP) is 2.30. The summed E-state index contributed by atoms with van der Waals surface area (Å²) >= 11 is 0. The number of hydrogen-bond acceptors (Lipinski definition) is 5. The van der Waals surface area contributed by atoms with E-state index in [0.29, 0.717) is 11.4 Å². The van der Waals surface area contributed by atoms with Crippen LogP contribution in [0.1, 0.15) is 16.1 Å². The summed E-state index contributed by atoms with van der Waals surface area (Å²) in [5.41, 5.74) is 2.75. The first-order valence-electron chi connectivity index (χ1n) is 8.66. The van der Waals surface area contributed by atoms with Gasteiger partial charge in [0.05, 0.1) is 11.9 Å². The van der Waals surface area contributed by atoms with Gasteiger partial charge in [0.25, 0.3) is 11.8 Å². The maximum atomic E-state index is 12.4. The Morgan fingerprint density at radius 1 is 1.07 bits per heavy atom. The van der Waals surface area contributed by atoms with E-state index in [0.717, 1.165) is 11.3 Å². The molecule has 2 amide bonds. The third kappa shape index (κ3) is 4.73. The molecule has 3 rings (SSSR count). The first kappa shape index (κ1) is 19.1. The highest BCUT2D eigenvalue weighted by Gasteiger charge is 2.12. The van der Waals surface area contributed by atoms with E-state index in [-0.39, 0.29) is 24.1 Å². The standard InChI is InChI=1S/C20H21N5O3/c1-14-4-8-16(9-5-14)25-12-18(22-23-25)20(27)21-15-6-10-17(11-7-15)28-13-19(26)24(2)3/h4-12H,13H2,1-3H3,(H,21,27). The molecule has 0 unspecified atom stereocenters. The van der Waals surface area contributed by atoms with Crippen LogP contribution in [0.2, 0.25) is 0 Å². The Bertz CT molecular complexity index is 962. The molecule has 0 aliphatic heterocycles. The van der Waals surface area contributed by atoms with Gasteiger partial charge in [-0.1, -0.05) is 22.9 Å². The van der Waals surface area contributed by atoms with Gasteiger partial charge in [-0.05, 0) is 43.3 Å². The highest BCUT2D eigenvalue weighted by Crippen LogP contribution is 2.16. The quantitative estimate of drug-likeness (QED) is 0.710. The van der Waals surface area contributed by atoms with Crippen molar-refractivity contribution in [3.63, 3.8) is 0 Å². The summed E-state index contributed by atoms with van der Waals surface area (Å²) < 4.78 is 6.95. The Morgan fingerprint density at radius 2 is 1.75 bits per heavy atom. The van der Waals surface area contributed by atoms with Crippen molar-refractivity contribution in [1.82, 2.24) is 19.9 Å². The number of aromatic nitrogens is 3. The number of hydrogen-bond donors (Lipinski definition) is 1. The summed E-state index contributed by atoms with van der Waals surface area (Å²) in [6.45, 7) is 1.96. The van der Waals surface area contributed by atoms with Gasteiger partial charge >= 0.3 is 0 Å². The molecular formula is C20H21N5O3. The summed E-state index contributed by atoms with van der Waals surface area (Å²) in [5.74, 6) is 0.0439. The lowest BCUT2D eigenvalue weighted by molar-refractivity contribution is -0.130. The number of amides is 2. The molecule has 3 aromatic rings. The zero-order valence-electron chi connectivity index (χ0n) is 15.9. The number of carbonyl (C=O) groups excluding carboxylic acids is 2. The number of aryl methyl sites for hydroxylation is 1. The number of anilines is 1. The largest absolute Gasteiger partial charge is 0.484 e. The molecule has 144 valence electrons. The molecule has 0 radical (unpaired) electrons. The minimum Gasteiger partial charge on any atom is -0.484 e. The van der Waals surface area contributed by atoms with E-state index in [1.165, 1.54) is 4.90 Å². The molecular weight excluding hydrogens is 358 g/mol. The fourth-order valence-electron chi connectivity index (χ4n) is 2.30. The Balaban J connectivity index is 1.60. The highest BCUT2D eigenvalue weighted by molar-refractivity contribution is 6.02. The van der Waals surface area contributed by atoms with Crippen LogP contribution in [-0.4, -0.2) is 52.4 Å². The number of nitrogens with one attached hydrogen (secondary N) is 1. The summed E-state index contributed by atoms with van der Waals surface area (Å²) in [6, 6.07) is 14.5. The van der Waals surface area contributed by atoms with Crippen molar-refractivity contribution in [2.75, 3.05) is 26.0 Å². The lowest BCUT2D eigenvalue weighted by atomic mass is 10.2. The second-order valence-corrected chi connectivity index (χ2v) is 6.44. The third-order valence-corrected chi connectivity index (χ3v) is 4.00. The zero-order valence-corrected chi connectivity index (χ0v) is 15.9. The molecule has 0 aliphatic carbocycles. The summed E-state index contributed by atoms with van der Waals surface area (Å²) in [6.07, 6.45) is 1.57. The molecule has 0 fully saturated rings. The Labute approximate surface area is 162 Å². The fourth-order valence-corrected chi connectivity index (χ4v) is 2.30. The van der Waals surface area contributed by atoms with Gasteiger partial charge in [-0.15, -0.1) is 5.10 Å². The van der Waals surface area contributed by atoms with Crippen molar-refractivity contribution < 1.29 is 14.3 Å². The smallest absolute Gasteiger partial charge is 0.277 e. The monoisotopic (exact) mass is 379 g/mol. The van der Waals surface area contributed by atoms with Gasteiger partial charge in [0, 0.05) is 19.8 Å². The number of rotatable bonds is 6. The highest BCUT2D eigenvalue weighted by atomic mass is 16.5. The average Bonchev–Trinajstić information content (AvgIpc) is 3.18. The number of likely N-dealkylation sites (N-methyl/N-ethyl adjacent to an activating group) is 1. The van der Waals surface area contributed by atoms with Crippen molar-refractivity contribution in [2.24, 2.45) is 0 Å². The second kappa shape index (κ2) is 8.34. The topological polar surface area (TPSA) is 89.4 Å². The Morgan fingerprint density at radius 3 is 2.39 bits per heavy atom. The minimum atomic E-state index is -0.366. The van der Waals surface area contributed by atoms with Crippen molar-refractivity contribution in [3.8, 4) is 11.4 Å². The lowest BCUT2D eigenvalue weighted by Crippen LogP contribution is -2.27. The van der Waals surface area contributed by atoms with Crippen LogP contribution in [0.3, 0.4) is 0 Å². The van der Waals surface area contributed by atoms with E-state index in [9.17, 15) is 9.59 Å². The average molecular weight is 379 g/mol. The van der Waals surface area contributed by atoms with Crippen LogP contribution in [0.4, 0.5) is 5.69 Å². The van der Waals surface area contributed by atoms with Crippen LogP contribution >= 0.6 is 0 Å². The number of nitrogens with zero attached hydrogens (tertiary/aromatic N) is 4. The summed E-state index contributed by atoms with van der Waals surface area (Å²) in [7, 11) is 3.33. The van der Waals surface area contributed by atoms with Gasteiger partial charge < -0.3 is 15.0 Å². The molecule has 8 heteroatoms. The van der Waals surface area contributed by atoms with Gasteiger partial charge in [-0.3, -0.25) is 9.59 Å². The van der Waals surface area contributed by atoms with Gasteiger partial charge in [0.15, 0.2) is 12.3 Å². The van der Waals surface area contributed by atoms with Gasteiger partial charge in [0.2, 0.25) is 0 Å². The molecule has 0 atom stereocenters. The number of carbonyl (C=O) groups is 2. The Hall–Kier alpha value is -3.68. The molecule has 1 N–H and O–H groups in total. The van der Waals surface area contributed by atoms with E-state index in [1.807, 2.05) is 31.2 Å². The molecule has 8 nitrogen and oxygen atoms in total. The molecule has 1 heterocycles. The van der Waals surface area contributed by atoms with E-state index in [1.54, 1.807) is 49.2 Å². The first-order chi connectivity index (χ1) is 13.4. The van der Waals surface area contributed by atoms with E-state index >= 15 is 0 Å². The number of benzene rings is 2. The molecule has 0 spiro atoms. The fraction of sp³-hybridized carbons (Fsp3) is 0.200. The van der Waals surface area contributed by atoms with Crippen LogP contribution in [0.15, 0.2) is 54.7 Å². The number of ether oxygens (including phenoxy) is 1. The van der Waals surface area contributed by atoms with E-state index in [2.05, 4.69) is 15.6 Å². The van der Waals surface area contributed by atoms with Gasteiger partial charge in [-0.25, -0.2) is 4.68 Å². The molecule has 0 saturated carbocycles. The molecule has 1 aromatic heterocycles. The van der Waals surface area contributed by atoms with Gasteiger partial charge in [-0.2, -0.15) is 0 Å². The van der Waals surface area contributed by atoms with Crippen LogP contribution in [-0.2, 0) is 4.79 Å². The summed E-state index contributed by atoms with van der Waals surface area (Å²) in [5, 5.41) is 10.7. The molecule has 0 bridgehead atoms. The van der Waals surface area contributed by atoms with Crippen LogP contribution in [0, 0.1) is 6.92 Å². The Kier molecular flexibility index (Phi) is 5.69. The van der Waals surface area contributed by atoms with Gasteiger partial charge in [0.1, 0.15) is 5.75 Å². The minimum absolute atomic E-state index is 0.0409. The molecule has 0 aliphatic rings. The third-order valence-electron chi connectivity index (χ3n) is 4.00. The molecule has 28 heavy (non-hydrogen) atoms. The maximum absolute atomic E-state index is 12.4. The van der Waals surface area contributed by atoms with Crippen molar-refractivity contribution in [1.29, 1.82) is 0 Å². The first-order valence-corrected chi connectivity index (χ1v) is 8.66. The normalized spacial score (nSPS) is 10.4. The van der Waals surface area contributed by atoms with Crippen LogP contribution in [0.5, 0.6) is 5.75 Å². The molecule has 2 aromatic carbocycles. The zero-order chi connectivity index (χ0) is 20.1. The van der Waals surface area contributed by atoms with Crippen molar-refractivity contribution in [3.05, 3.63) is 66.0 Å². The van der Waals surface area contributed by atoms with Crippen LogP contribution in [0.25, 0.3) is 5.69 Å².